The summed E-state index contributed by atoms with van der Waals surface area (Å²) < 4.78 is 1.77. The van der Waals surface area contributed by atoms with Gasteiger partial charge in [-0.2, -0.15) is 5.10 Å². The smallest absolute Gasteiger partial charge is 0.312 e. The maximum atomic E-state index is 13.1. The maximum absolute atomic E-state index is 13.1. The summed E-state index contributed by atoms with van der Waals surface area (Å²) in [5.74, 6) is -2.04. The first-order valence-electron chi connectivity index (χ1n) is 7.96. The summed E-state index contributed by atoms with van der Waals surface area (Å²) in [6.07, 6.45) is 0. The Bertz CT molecular complexity index is 825. The number of para-hydroxylation sites is 1. The lowest BCUT2D eigenvalue weighted by Gasteiger charge is -2.22. The number of carboxylic acid groups (broad SMARTS) is 1. The van der Waals surface area contributed by atoms with Crippen LogP contribution in [0.1, 0.15) is 41.3 Å². The molecule has 0 saturated heterocycles. The van der Waals surface area contributed by atoms with E-state index in [4.69, 9.17) is 0 Å². The number of carbonyl (C=O) groups is 2. The van der Waals surface area contributed by atoms with Gasteiger partial charge in [0.05, 0.1) is 11.6 Å². The molecule has 2 atom stereocenters. The molecule has 1 aliphatic heterocycles. The van der Waals surface area contributed by atoms with Crippen molar-refractivity contribution in [3.05, 3.63) is 46.8 Å². The van der Waals surface area contributed by atoms with Gasteiger partial charge in [0.25, 0.3) is 0 Å². The van der Waals surface area contributed by atoms with Gasteiger partial charge in [-0.1, -0.05) is 18.2 Å². The Morgan fingerprint density at radius 1 is 1.29 bits per heavy atom. The predicted octanol–water partition coefficient (Wildman–Crippen LogP) is 2.36. The van der Waals surface area contributed by atoms with Gasteiger partial charge < -0.3 is 10.0 Å². The molecule has 1 aromatic carbocycles. The number of anilines is 1. The van der Waals surface area contributed by atoms with Crippen molar-refractivity contribution in [1.29, 1.82) is 0 Å². The van der Waals surface area contributed by atoms with Gasteiger partial charge in [0.15, 0.2) is 0 Å². The van der Waals surface area contributed by atoms with Gasteiger partial charge in [-0.15, -0.1) is 0 Å². The molecule has 3 rings (SSSR count). The van der Waals surface area contributed by atoms with Crippen molar-refractivity contribution in [2.24, 2.45) is 7.05 Å². The van der Waals surface area contributed by atoms with Crippen molar-refractivity contribution < 1.29 is 14.7 Å². The Kier molecular flexibility index (Phi) is 3.91. The van der Waals surface area contributed by atoms with Crippen LogP contribution in [0.5, 0.6) is 0 Å². The molecule has 24 heavy (non-hydrogen) atoms. The van der Waals surface area contributed by atoms with Crippen LogP contribution in [0.3, 0.4) is 0 Å². The molecule has 1 amide bonds. The van der Waals surface area contributed by atoms with Crippen LogP contribution >= 0.6 is 0 Å². The predicted molar refractivity (Wildman–Crippen MR) is 90.3 cm³/mol. The number of carbonyl (C=O) groups excluding carboxylic acids is 1. The fourth-order valence-corrected chi connectivity index (χ4v) is 3.60. The fraction of sp³-hybridized carbons (Fsp3) is 0.389. The van der Waals surface area contributed by atoms with Crippen LogP contribution < -0.4 is 4.90 Å². The van der Waals surface area contributed by atoms with Gasteiger partial charge in [-0.25, -0.2) is 0 Å². The minimum Gasteiger partial charge on any atom is -0.481 e. The monoisotopic (exact) mass is 327 g/mol. The molecule has 0 fully saturated rings. The van der Waals surface area contributed by atoms with Crippen LogP contribution in [0, 0.1) is 13.8 Å². The lowest BCUT2D eigenvalue weighted by Crippen LogP contribution is -2.34. The molecular weight excluding hydrogens is 306 g/mol. The highest BCUT2D eigenvalue weighted by atomic mass is 16.4. The zero-order valence-corrected chi connectivity index (χ0v) is 14.3. The lowest BCUT2D eigenvalue weighted by atomic mass is 9.97. The standard InChI is InChI=1S/C18H21N3O3/c1-10(16-11(2)19-20(4)12(16)3)17(22)21-9-14(18(23)24)13-7-5-6-8-15(13)21/h5-8,10,14H,9H2,1-4H3,(H,23,24)/t10-,14+/m0/s1. The number of hydrogen-bond donors (Lipinski definition) is 1. The highest BCUT2D eigenvalue weighted by Gasteiger charge is 2.38. The summed E-state index contributed by atoms with van der Waals surface area (Å²) in [6, 6.07) is 7.23. The van der Waals surface area contributed by atoms with E-state index in [1.807, 2.05) is 46.0 Å². The number of aliphatic carboxylic acids is 1. The number of nitrogens with zero attached hydrogens (tertiary/aromatic N) is 3. The van der Waals surface area contributed by atoms with Crippen LogP contribution in [0.15, 0.2) is 24.3 Å². The Morgan fingerprint density at radius 3 is 2.54 bits per heavy atom. The molecule has 2 aromatic rings. The summed E-state index contributed by atoms with van der Waals surface area (Å²) in [4.78, 5) is 26.2. The molecular formula is C18H21N3O3. The molecule has 6 nitrogen and oxygen atoms in total. The molecule has 6 heteroatoms. The molecule has 0 radical (unpaired) electrons. The second-order valence-corrected chi connectivity index (χ2v) is 6.33. The zero-order chi connectivity index (χ0) is 17.6. The van der Waals surface area contributed by atoms with E-state index in [9.17, 15) is 14.7 Å². The van der Waals surface area contributed by atoms with E-state index in [2.05, 4.69) is 5.10 Å². The highest BCUT2D eigenvalue weighted by molar-refractivity contribution is 6.02. The number of carboxylic acids is 1. The number of aromatic nitrogens is 2. The van der Waals surface area contributed by atoms with Gasteiger partial charge in [0.2, 0.25) is 5.91 Å². The third-order valence-corrected chi connectivity index (χ3v) is 4.90. The normalized spacial score (nSPS) is 17.7. The van der Waals surface area contributed by atoms with E-state index in [0.717, 1.165) is 17.0 Å². The van der Waals surface area contributed by atoms with Crippen molar-refractivity contribution in [3.8, 4) is 0 Å². The summed E-state index contributed by atoms with van der Waals surface area (Å²) >= 11 is 0. The highest BCUT2D eigenvalue weighted by Crippen LogP contribution is 2.38. The quantitative estimate of drug-likeness (QED) is 0.939. The summed E-state index contributed by atoms with van der Waals surface area (Å²) in [7, 11) is 1.86. The first-order valence-corrected chi connectivity index (χ1v) is 7.96. The zero-order valence-electron chi connectivity index (χ0n) is 14.3. The average molecular weight is 327 g/mol. The second kappa shape index (κ2) is 5.78. The number of benzene rings is 1. The Balaban J connectivity index is 1.97. The molecule has 1 aliphatic rings. The van der Waals surface area contributed by atoms with Crippen molar-refractivity contribution in [3.63, 3.8) is 0 Å². The van der Waals surface area contributed by atoms with E-state index >= 15 is 0 Å². The summed E-state index contributed by atoms with van der Waals surface area (Å²) in [6.45, 7) is 5.87. The first-order chi connectivity index (χ1) is 11.3. The third kappa shape index (κ3) is 2.38. The average Bonchev–Trinajstić information content (AvgIpc) is 3.04. The summed E-state index contributed by atoms with van der Waals surface area (Å²) in [5.41, 5.74) is 4.10. The van der Waals surface area contributed by atoms with E-state index in [1.54, 1.807) is 15.6 Å². The van der Waals surface area contributed by atoms with Gasteiger partial charge in [-0.05, 0) is 32.4 Å². The van der Waals surface area contributed by atoms with Crippen LogP contribution in [-0.2, 0) is 16.6 Å². The third-order valence-electron chi connectivity index (χ3n) is 4.90. The van der Waals surface area contributed by atoms with Crippen LogP contribution in [0.25, 0.3) is 0 Å². The van der Waals surface area contributed by atoms with Crippen LogP contribution in [-0.4, -0.2) is 33.3 Å². The lowest BCUT2D eigenvalue weighted by molar-refractivity contribution is -0.138. The number of aryl methyl sites for hydroxylation is 2. The van der Waals surface area contributed by atoms with Gasteiger partial charge >= 0.3 is 5.97 Å². The van der Waals surface area contributed by atoms with E-state index < -0.39 is 11.9 Å². The molecule has 0 bridgehead atoms. The molecule has 126 valence electrons. The van der Waals surface area contributed by atoms with Gasteiger partial charge in [-0.3, -0.25) is 14.3 Å². The molecule has 2 heterocycles. The van der Waals surface area contributed by atoms with E-state index in [-0.39, 0.29) is 18.4 Å². The van der Waals surface area contributed by atoms with Crippen molar-refractivity contribution in [2.45, 2.75) is 32.6 Å². The van der Waals surface area contributed by atoms with Gasteiger partial charge in [0, 0.05) is 30.5 Å². The maximum Gasteiger partial charge on any atom is 0.312 e. The Morgan fingerprint density at radius 2 is 1.96 bits per heavy atom. The fourth-order valence-electron chi connectivity index (χ4n) is 3.60. The van der Waals surface area contributed by atoms with E-state index in [0.29, 0.717) is 11.3 Å². The molecule has 0 unspecified atom stereocenters. The van der Waals surface area contributed by atoms with Crippen molar-refractivity contribution in [2.75, 3.05) is 11.4 Å². The molecule has 0 spiro atoms. The topological polar surface area (TPSA) is 75.4 Å². The molecule has 0 saturated carbocycles. The van der Waals surface area contributed by atoms with Gasteiger partial charge in [0.1, 0.15) is 5.92 Å². The number of amides is 1. The number of rotatable bonds is 3. The number of fused-ring (bicyclic) bond motifs is 1. The largest absolute Gasteiger partial charge is 0.481 e. The minimum absolute atomic E-state index is 0.0922. The SMILES string of the molecule is Cc1nn(C)c(C)c1[C@H](C)C(=O)N1C[C@@H](C(=O)O)c2ccccc21. The van der Waals surface area contributed by atoms with Crippen LogP contribution in [0.4, 0.5) is 5.69 Å². The first kappa shape index (κ1) is 16.2. The van der Waals surface area contributed by atoms with Crippen molar-refractivity contribution >= 4 is 17.6 Å². The number of hydrogen-bond acceptors (Lipinski definition) is 3. The Hall–Kier alpha value is -2.63. The molecule has 1 N–H and O–H groups in total. The molecule has 0 aliphatic carbocycles. The van der Waals surface area contributed by atoms with Crippen molar-refractivity contribution in [1.82, 2.24) is 9.78 Å². The van der Waals surface area contributed by atoms with E-state index in [1.165, 1.54) is 0 Å². The summed E-state index contributed by atoms with van der Waals surface area (Å²) in [5, 5.41) is 13.8. The van der Waals surface area contributed by atoms with Crippen LogP contribution in [0.2, 0.25) is 0 Å². The minimum atomic E-state index is -0.904. The Labute approximate surface area is 140 Å². The molecule has 1 aromatic heterocycles. The second-order valence-electron chi connectivity index (χ2n) is 6.33.